The number of rotatable bonds is 6. The lowest BCUT2D eigenvalue weighted by molar-refractivity contribution is -0.148. The van der Waals surface area contributed by atoms with Gasteiger partial charge in [-0.3, -0.25) is 33.8 Å². The number of nitrogens with one attached hydrogen (secondary N) is 1. The van der Waals surface area contributed by atoms with Crippen molar-refractivity contribution in [3.05, 3.63) is 59.2 Å². The van der Waals surface area contributed by atoms with Gasteiger partial charge >= 0.3 is 5.97 Å². The Kier molecular flexibility index (Phi) is 6.07. The molecule has 0 bridgehead atoms. The van der Waals surface area contributed by atoms with Crippen LogP contribution in [-0.4, -0.2) is 53.2 Å². The van der Waals surface area contributed by atoms with Crippen LogP contribution in [0.15, 0.2) is 42.5 Å². The van der Waals surface area contributed by atoms with E-state index in [9.17, 15) is 24.0 Å². The fraction of sp³-hybridized carbons (Fsp3) is 0.370. The van der Waals surface area contributed by atoms with Crippen molar-refractivity contribution in [2.24, 2.45) is 0 Å². The summed E-state index contributed by atoms with van der Waals surface area (Å²) in [6.45, 7) is 1.44. The second-order valence-corrected chi connectivity index (χ2v) is 9.51. The Hall–Kier alpha value is -4.01. The van der Waals surface area contributed by atoms with E-state index in [0.717, 1.165) is 23.3 Å². The molecule has 0 unspecified atom stereocenters. The monoisotopic (exact) mass is 489 g/mol. The predicted octanol–water partition coefficient (Wildman–Crippen LogP) is 3.21. The Morgan fingerprint density at radius 2 is 1.72 bits per heavy atom. The number of amides is 4. The number of aryl methyl sites for hydroxylation is 1. The molecule has 0 radical (unpaired) electrons. The fourth-order valence-corrected chi connectivity index (χ4v) is 5.40. The van der Waals surface area contributed by atoms with Crippen molar-refractivity contribution < 1.29 is 28.7 Å². The molecule has 9 heteroatoms. The van der Waals surface area contributed by atoms with Crippen LogP contribution in [0.1, 0.15) is 64.8 Å². The van der Waals surface area contributed by atoms with E-state index in [-0.39, 0.29) is 37.1 Å². The molecule has 1 N–H and O–H groups in total. The second kappa shape index (κ2) is 9.22. The molecule has 3 aliphatic rings. The van der Waals surface area contributed by atoms with Crippen molar-refractivity contribution in [1.82, 2.24) is 4.90 Å². The standard InChI is InChI=1S/C27H27N3O6/c1-17-10-11-18-19(15-17)25(34)29(24(18)33)14-6-9-23(32)36-16-22(31)30-21-8-3-2-7-20(21)28-26(35)27(30)12-4-5-13-27/h2-3,7-8,10-11,15H,4-6,9,12-14,16H2,1H3,(H,28,35). The highest BCUT2D eigenvalue weighted by molar-refractivity contribution is 6.21. The molecule has 0 aromatic heterocycles. The number of ether oxygens (including phenoxy) is 1. The summed E-state index contributed by atoms with van der Waals surface area (Å²) in [5.74, 6) is -2.02. The maximum absolute atomic E-state index is 13.3. The molecule has 5 rings (SSSR count). The van der Waals surface area contributed by atoms with Crippen LogP contribution in [-0.2, 0) is 19.1 Å². The number of para-hydroxylation sites is 2. The Bertz CT molecular complexity index is 1280. The normalized spacial score (nSPS) is 17.8. The third kappa shape index (κ3) is 3.94. The molecule has 9 nitrogen and oxygen atoms in total. The lowest BCUT2D eigenvalue weighted by atomic mass is 9.90. The smallest absolute Gasteiger partial charge is 0.306 e. The van der Waals surface area contributed by atoms with E-state index in [0.29, 0.717) is 35.3 Å². The van der Waals surface area contributed by atoms with Gasteiger partial charge in [0.15, 0.2) is 6.61 Å². The third-order valence-corrected chi connectivity index (χ3v) is 7.17. The van der Waals surface area contributed by atoms with Crippen LogP contribution in [0.25, 0.3) is 0 Å². The van der Waals surface area contributed by atoms with E-state index in [1.807, 2.05) is 6.92 Å². The highest BCUT2D eigenvalue weighted by Gasteiger charge is 2.52. The molecule has 2 aromatic carbocycles. The number of anilines is 2. The molecule has 1 saturated carbocycles. The SMILES string of the molecule is Cc1ccc2c(c1)C(=O)N(CCCC(=O)OCC(=O)N1c3ccccc3NC(=O)C13CCCC3)C2=O. The average Bonchev–Trinajstić information content (AvgIpc) is 3.43. The van der Waals surface area contributed by atoms with E-state index in [1.54, 1.807) is 42.5 Å². The average molecular weight is 490 g/mol. The van der Waals surface area contributed by atoms with Crippen molar-refractivity contribution in [2.45, 2.75) is 51.0 Å². The summed E-state index contributed by atoms with van der Waals surface area (Å²) in [6.07, 6.45) is 2.92. The summed E-state index contributed by atoms with van der Waals surface area (Å²) in [6, 6.07) is 12.2. The quantitative estimate of drug-likeness (QED) is 0.493. The summed E-state index contributed by atoms with van der Waals surface area (Å²) in [5, 5.41) is 2.91. The molecule has 1 aliphatic carbocycles. The lowest BCUT2D eigenvalue weighted by Crippen LogP contribution is -2.61. The zero-order valence-corrected chi connectivity index (χ0v) is 20.0. The largest absolute Gasteiger partial charge is 0.456 e. The number of carbonyl (C=O) groups excluding carboxylic acids is 5. The molecule has 2 aromatic rings. The highest BCUT2D eigenvalue weighted by atomic mass is 16.5. The van der Waals surface area contributed by atoms with Crippen LogP contribution >= 0.6 is 0 Å². The Balaban J connectivity index is 1.19. The number of hydrogen-bond donors (Lipinski definition) is 1. The van der Waals surface area contributed by atoms with Crippen LogP contribution in [0.5, 0.6) is 0 Å². The van der Waals surface area contributed by atoms with Gasteiger partial charge in [0.25, 0.3) is 23.6 Å². The summed E-state index contributed by atoms with van der Waals surface area (Å²) < 4.78 is 5.26. The van der Waals surface area contributed by atoms with Crippen molar-refractivity contribution in [1.29, 1.82) is 0 Å². The summed E-state index contributed by atoms with van der Waals surface area (Å²) in [7, 11) is 0. The number of fused-ring (bicyclic) bond motifs is 2. The van der Waals surface area contributed by atoms with Gasteiger partial charge in [-0.15, -0.1) is 0 Å². The second-order valence-electron chi connectivity index (χ2n) is 9.51. The maximum Gasteiger partial charge on any atom is 0.306 e. The first-order chi connectivity index (χ1) is 17.3. The van der Waals surface area contributed by atoms with Crippen LogP contribution in [0, 0.1) is 6.92 Å². The van der Waals surface area contributed by atoms with E-state index in [1.165, 1.54) is 4.90 Å². The van der Waals surface area contributed by atoms with Crippen molar-refractivity contribution in [2.75, 3.05) is 23.4 Å². The minimum atomic E-state index is -0.971. The van der Waals surface area contributed by atoms with Crippen LogP contribution in [0.3, 0.4) is 0 Å². The van der Waals surface area contributed by atoms with Crippen LogP contribution in [0.2, 0.25) is 0 Å². The molecule has 1 fully saturated rings. The molecule has 4 amide bonds. The number of nitrogens with zero attached hydrogens (tertiary/aromatic N) is 2. The van der Waals surface area contributed by atoms with Gasteiger partial charge in [-0.1, -0.05) is 36.6 Å². The number of hydrogen-bond acceptors (Lipinski definition) is 6. The molecule has 0 atom stereocenters. The van der Waals surface area contributed by atoms with Crippen molar-refractivity contribution in [3.8, 4) is 0 Å². The highest BCUT2D eigenvalue weighted by Crippen LogP contribution is 2.45. The number of esters is 1. The minimum absolute atomic E-state index is 0.0536. The van der Waals surface area contributed by atoms with E-state index >= 15 is 0 Å². The van der Waals surface area contributed by atoms with E-state index in [4.69, 9.17) is 4.74 Å². The third-order valence-electron chi connectivity index (χ3n) is 7.17. The summed E-state index contributed by atoms with van der Waals surface area (Å²) in [4.78, 5) is 66.4. The number of benzene rings is 2. The predicted molar refractivity (Wildman–Crippen MR) is 130 cm³/mol. The minimum Gasteiger partial charge on any atom is -0.456 e. The van der Waals surface area contributed by atoms with Gasteiger partial charge in [0.05, 0.1) is 22.5 Å². The molecular weight excluding hydrogens is 462 g/mol. The maximum atomic E-state index is 13.3. The first kappa shape index (κ1) is 23.7. The van der Waals surface area contributed by atoms with E-state index < -0.39 is 24.0 Å². The molecule has 0 saturated heterocycles. The van der Waals surface area contributed by atoms with Crippen molar-refractivity contribution >= 4 is 41.0 Å². The molecule has 1 spiro atoms. The first-order valence-electron chi connectivity index (χ1n) is 12.2. The Labute approximate surface area is 208 Å². The van der Waals surface area contributed by atoms with E-state index in [2.05, 4.69) is 5.32 Å². The zero-order chi connectivity index (χ0) is 25.4. The van der Waals surface area contributed by atoms with Gasteiger partial charge in [0.2, 0.25) is 0 Å². The van der Waals surface area contributed by atoms with Crippen LogP contribution < -0.4 is 10.2 Å². The van der Waals surface area contributed by atoms with Gasteiger partial charge in [-0.25, -0.2) is 0 Å². The summed E-state index contributed by atoms with van der Waals surface area (Å²) >= 11 is 0. The van der Waals surface area contributed by atoms with Crippen molar-refractivity contribution in [3.63, 3.8) is 0 Å². The molecule has 2 heterocycles. The fourth-order valence-electron chi connectivity index (χ4n) is 5.40. The topological polar surface area (TPSA) is 113 Å². The molecule has 186 valence electrons. The zero-order valence-electron chi connectivity index (χ0n) is 20.0. The Morgan fingerprint density at radius 3 is 2.50 bits per heavy atom. The number of imide groups is 1. The summed E-state index contributed by atoms with van der Waals surface area (Å²) in [5.41, 5.74) is 1.81. The van der Waals surface area contributed by atoms with Gasteiger partial charge in [-0.2, -0.15) is 0 Å². The van der Waals surface area contributed by atoms with Crippen LogP contribution in [0.4, 0.5) is 11.4 Å². The molecular formula is C27H27N3O6. The number of carbonyl (C=O) groups is 5. The Morgan fingerprint density at radius 1 is 1.00 bits per heavy atom. The van der Waals surface area contributed by atoms with Gasteiger partial charge in [0.1, 0.15) is 5.54 Å². The molecule has 36 heavy (non-hydrogen) atoms. The first-order valence-corrected chi connectivity index (χ1v) is 12.2. The van der Waals surface area contributed by atoms with Gasteiger partial charge < -0.3 is 10.1 Å². The van der Waals surface area contributed by atoms with Gasteiger partial charge in [0, 0.05) is 13.0 Å². The van der Waals surface area contributed by atoms with Gasteiger partial charge in [-0.05, 0) is 50.5 Å². The lowest BCUT2D eigenvalue weighted by Gasteiger charge is -2.44. The molecule has 2 aliphatic heterocycles.